The Kier molecular flexibility index (Phi) is 4.83. The first kappa shape index (κ1) is 13.3. The molecule has 2 aliphatic heterocycles. The van der Waals surface area contributed by atoms with Gasteiger partial charge in [0.25, 0.3) is 0 Å². The van der Waals surface area contributed by atoms with Gasteiger partial charge in [-0.2, -0.15) is 0 Å². The van der Waals surface area contributed by atoms with Crippen LogP contribution in [0.4, 0.5) is 0 Å². The Morgan fingerprint density at radius 2 is 1.88 bits per heavy atom. The molecule has 2 unspecified atom stereocenters. The molecule has 0 saturated carbocycles. The summed E-state index contributed by atoms with van der Waals surface area (Å²) in [6.07, 6.45) is 3.89. The molecule has 2 saturated heterocycles. The fourth-order valence-electron chi connectivity index (χ4n) is 3.34. The topological polar surface area (TPSA) is 24.5 Å². The van der Waals surface area contributed by atoms with Crippen LogP contribution in [0.2, 0.25) is 0 Å². The van der Waals surface area contributed by atoms with Gasteiger partial charge in [-0.25, -0.2) is 0 Å². The van der Waals surface area contributed by atoms with Crippen molar-refractivity contribution in [3.8, 4) is 0 Å². The lowest BCUT2D eigenvalue weighted by molar-refractivity contribution is -0.0157. The predicted molar refractivity (Wildman–Crippen MR) is 71.2 cm³/mol. The van der Waals surface area contributed by atoms with Crippen LogP contribution in [0.3, 0.4) is 0 Å². The second-order valence-electron chi connectivity index (χ2n) is 5.94. The van der Waals surface area contributed by atoms with Gasteiger partial charge in [0.05, 0.1) is 6.61 Å². The van der Waals surface area contributed by atoms with Crippen molar-refractivity contribution in [3.05, 3.63) is 0 Å². The van der Waals surface area contributed by atoms with Crippen molar-refractivity contribution in [2.75, 3.05) is 33.4 Å². The van der Waals surface area contributed by atoms with Gasteiger partial charge >= 0.3 is 0 Å². The normalized spacial score (nSPS) is 33.2. The summed E-state index contributed by atoms with van der Waals surface area (Å²) >= 11 is 0. The van der Waals surface area contributed by atoms with Crippen molar-refractivity contribution in [2.24, 2.45) is 11.8 Å². The molecule has 0 spiro atoms. The Morgan fingerprint density at radius 1 is 1.18 bits per heavy atom. The minimum atomic E-state index is 0.599. The molecule has 2 heterocycles. The summed E-state index contributed by atoms with van der Waals surface area (Å²) in [4.78, 5) is 2.65. The average Bonchev–Trinajstić information content (AvgIpc) is 2.39. The Hall–Kier alpha value is -0.120. The molecule has 2 aliphatic rings. The molecule has 2 fully saturated rings. The van der Waals surface area contributed by atoms with E-state index < -0.39 is 0 Å². The van der Waals surface area contributed by atoms with Gasteiger partial charge in [-0.15, -0.1) is 0 Å². The maximum atomic E-state index is 5.66. The predicted octanol–water partition coefficient (Wildman–Crippen LogP) is 1.73. The Bertz CT molecular complexity index is 224. The smallest absolute Gasteiger partial charge is 0.0637 e. The second kappa shape index (κ2) is 6.17. The Labute approximate surface area is 106 Å². The van der Waals surface area contributed by atoms with E-state index in [0.29, 0.717) is 12.1 Å². The number of likely N-dealkylation sites (tertiary alicyclic amines) is 1. The molecule has 0 aromatic carbocycles. The van der Waals surface area contributed by atoms with Crippen LogP contribution < -0.4 is 5.32 Å². The summed E-state index contributed by atoms with van der Waals surface area (Å²) in [7, 11) is 2.09. The van der Waals surface area contributed by atoms with E-state index in [2.05, 4.69) is 31.1 Å². The third-order valence-electron chi connectivity index (χ3n) is 4.68. The Morgan fingerprint density at radius 3 is 2.47 bits per heavy atom. The molecule has 0 radical (unpaired) electrons. The monoisotopic (exact) mass is 240 g/mol. The van der Waals surface area contributed by atoms with Gasteiger partial charge in [-0.05, 0) is 51.2 Å². The summed E-state index contributed by atoms with van der Waals surface area (Å²) in [6.45, 7) is 9.08. The lowest BCUT2D eigenvalue weighted by atomic mass is 9.85. The highest BCUT2D eigenvalue weighted by atomic mass is 16.5. The highest BCUT2D eigenvalue weighted by molar-refractivity contribution is 4.89. The fraction of sp³-hybridized carbons (Fsp3) is 1.00. The molecule has 17 heavy (non-hydrogen) atoms. The van der Waals surface area contributed by atoms with Crippen LogP contribution in [0.15, 0.2) is 0 Å². The van der Waals surface area contributed by atoms with Crippen LogP contribution in [0, 0.1) is 11.8 Å². The average molecular weight is 240 g/mol. The van der Waals surface area contributed by atoms with Gasteiger partial charge in [-0.1, -0.05) is 13.8 Å². The molecule has 2 rings (SSSR count). The molecule has 0 amide bonds. The summed E-state index contributed by atoms with van der Waals surface area (Å²) in [5.74, 6) is 1.78. The summed E-state index contributed by atoms with van der Waals surface area (Å²) in [5.41, 5.74) is 0. The van der Waals surface area contributed by atoms with E-state index in [1.807, 2.05) is 0 Å². The molecule has 100 valence electrons. The molecule has 0 aromatic heterocycles. The first-order valence-electron chi connectivity index (χ1n) is 7.21. The minimum absolute atomic E-state index is 0.599. The zero-order valence-corrected chi connectivity index (χ0v) is 11.6. The molecule has 0 aromatic rings. The highest BCUT2D eigenvalue weighted by Crippen LogP contribution is 2.27. The molecule has 2 atom stereocenters. The van der Waals surface area contributed by atoms with Gasteiger partial charge < -0.3 is 10.1 Å². The molecule has 3 heteroatoms. The quantitative estimate of drug-likeness (QED) is 0.813. The standard InChI is InChI=1S/C14H28N2O/c1-11(2)12-4-7-16(8-5-12)14-10-17-9-6-13(14)15-3/h11-15H,4-10H2,1-3H3. The number of likely N-dealkylation sites (N-methyl/N-ethyl adjacent to an activating group) is 1. The fourth-order valence-corrected chi connectivity index (χ4v) is 3.34. The number of nitrogens with one attached hydrogen (secondary N) is 1. The molecule has 1 N–H and O–H groups in total. The van der Waals surface area contributed by atoms with Crippen LogP contribution in [-0.2, 0) is 4.74 Å². The van der Waals surface area contributed by atoms with Gasteiger partial charge in [0, 0.05) is 18.7 Å². The second-order valence-corrected chi connectivity index (χ2v) is 5.94. The molecular weight excluding hydrogens is 212 g/mol. The number of rotatable bonds is 3. The van der Waals surface area contributed by atoms with Crippen molar-refractivity contribution >= 4 is 0 Å². The Balaban J connectivity index is 1.86. The van der Waals surface area contributed by atoms with E-state index in [-0.39, 0.29) is 0 Å². The van der Waals surface area contributed by atoms with Crippen LogP contribution >= 0.6 is 0 Å². The molecule has 3 nitrogen and oxygen atoms in total. The van der Waals surface area contributed by atoms with E-state index in [1.54, 1.807) is 0 Å². The lowest BCUT2D eigenvalue weighted by Gasteiger charge is -2.43. The highest BCUT2D eigenvalue weighted by Gasteiger charge is 2.32. The van der Waals surface area contributed by atoms with E-state index in [4.69, 9.17) is 4.74 Å². The number of hydrogen-bond acceptors (Lipinski definition) is 3. The van der Waals surface area contributed by atoms with E-state index in [0.717, 1.165) is 31.5 Å². The van der Waals surface area contributed by atoms with E-state index in [9.17, 15) is 0 Å². The first-order valence-corrected chi connectivity index (χ1v) is 7.21. The van der Waals surface area contributed by atoms with Gasteiger partial charge in [0.1, 0.15) is 0 Å². The van der Waals surface area contributed by atoms with Crippen LogP contribution in [0.1, 0.15) is 33.1 Å². The number of hydrogen-bond donors (Lipinski definition) is 1. The van der Waals surface area contributed by atoms with Crippen LogP contribution in [0.25, 0.3) is 0 Å². The number of piperidine rings is 1. The molecule has 0 bridgehead atoms. The number of ether oxygens (including phenoxy) is 1. The van der Waals surface area contributed by atoms with Gasteiger partial charge in [0.2, 0.25) is 0 Å². The summed E-state index contributed by atoms with van der Waals surface area (Å²) in [6, 6.07) is 1.22. The van der Waals surface area contributed by atoms with Crippen LogP contribution in [-0.4, -0.2) is 50.3 Å². The van der Waals surface area contributed by atoms with Crippen molar-refractivity contribution < 1.29 is 4.74 Å². The van der Waals surface area contributed by atoms with E-state index in [1.165, 1.54) is 25.9 Å². The van der Waals surface area contributed by atoms with Crippen molar-refractivity contribution in [2.45, 2.75) is 45.2 Å². The van der Waals surface area contributed by atoms with Crippen molar-refractivity contribution in [1.82, 2.24) is 10.2 Å². The SMILES string of the molecule is CNC1CCOCC1N1CCC(C(C)C)CC1. The number of nitrogens with zero attached hydrogens (tertiary/aromatic N) is 1. The lowest BCUT2D eigenvalue weighted by Crippen LogP contribution is -2.56. The van der Waals surface area contributed by atoms with Gasteiger partial charge in [0.15, 0.2) is 0 Å². The first-order chi connectivity index (χ1) is 8.22. The third kappa shape index (κ3) is 3.21. The third-order valence-corrected chi connectivity index (χ3v) is 4.68. The maximum absolute atomic E-state index is 5.66. The van der Waals surface area contributed by atoms with E-state index >= 15 is 0 Å². The molecule has 0 aliphatic carbocycles. The maximum Gasteiger partial charge on any atom is 0.0637 e. The summed E-state index contributed by atoms with van der Waals surface area (Å²) in [5, 5.41) is 3.46. The minimum Gasteiger partial charge on any atom is -0.380 e. The van der Waals surface area contributed by atoms with Crippen molar-refractivity contribution in [3.63, 3.8) is 0 Å². The molecular formula is C14H28N2O. The van der Waals surface area contributed by atoms with Gasteiger partial charge in [-0.3, -0.25) is 4.90 Å². The zero-order chi connectivity index (χ0) is 12.3. The summed E-state index contributed by atoms with van der Waals surface area (Å²) < 4.78 is 5.66. The zero-order valence-electron chi connectivity index (χ0n) is 11.6. The largest absolute Gasteiger partial charge is 0.380 e. The van der Waals surface area contributed by atoms with Crippen molar-refractivity contribution in [1.29, 1.82) is 0 Å². The van der Waals surface area contributed by atoms with Crippen LogP contribution in [0.5, 0.6) is 0 Å².